The van der Waals surface area contributed by atoms with Gasteiger partial charge in [0.05, 0.1) is 0 Å². The molecule has 2 aliphatic heterocycles. The van der Waals surface area contributed by atoms with Gasteiger partial charge in [0.25, 0.3) is 0 Å². The molecule has 1 aromatic carbocycles. The summed E-state index contributed by atoms with van der Waals surface area (Å²) >= 11 is 0. The third-order valence-electron chi connectivity index (χ3n) is 3.77. The van der Waals surface area contributed by atoms with Gasteiger partial charge in [-0.05, 0) is 37.5 Å². The molecule has 1 aromatic rings. The van der Waals surface area contributed by atoms with Crippen LogP contribution in [0, 0.1) is 0 Å². The lowest BCUT2D eigenvalue weighted by Gasteiger charge is -2.26. The van der Waals surface area contributed by atoms with Crippen molar-refractivity contribution in [3.05, 3.63) is 23.8 Å². The van der Waals surface area contributed by atoms with Crippen LogP contribution in [0.5, 0.6) is 11.5 Å². The lowest BCUT2D eigenvalue weighted by Crippen LogP contribution is -2.37. The minimum Gasteiger partial charge on any atom is -0.454 e. The topological polar surface area (TPSA) is 47.6 Å². The number of nitrogens with one attached hydrogen (secondary N) is 1. The van der Waals surface area contributed by atoms with Gasteiger partial charge in [0.1, 0.15) is 0 Å². The third-order valence-corrected chi connectivity index (χ3v) is 5.15. The lowest BCUT2D eigenvalue weighted by molar-refractivity contribution is 0.174. The van der Waals surface area contributed by atoms with E-state index in [2.05, 4.69) is 18.3 Å². The fraction of sp³-hybridized carbons (Fsp3) is 0.571. The van der Waals surface area contributed by atoms with Crippen molar-refractivity contribution in [2.75, 3.05) is 18.3 Å². The van der Waals surface area contributed by atoms with Gasteiger partial charge in [-0.15, -0.1) is 0 Å². The summed E-state index contributed by atoms with van der Waals surface area (Å²) in [6.07, 6.45) is 2.00. The van der Waals surface area contributed by atoms with Crippen molar-refractivity contribution < 1.29 is 13.7 Å². The Morgan fingerprint density at radius 3 is 2.79 bits per heavy atom. The molecule has 104 valence electrons. The molecule has 2 heterocycles. The van der Waals surface area contributed by atoms with Crippen molar-refractivity contribution in [1.82, 2.24) is 5.32 Å². The number of hydrogen-bond acceptors (Lipinski definition) is 4. The van der Waals surface area contributed by atoms with E-state index in [0.29, 0.717) is 12.8 Å². The fourth-order valence-electron chi connectivity index (χ4n) is 2.59. The first-order valence-electron chi connectivity index (χ1n) is 6.73. The zero-order valence-corrected chi connectivity index (χ0v) is 11.9. The Bertz CT molecular complexity index is 482. The lowest BCUT2D eigenvalue weighted by atomic mass is 10.0. The molecule has 2 aliphatic rings. The zero-order chi connectivity index (χ0) is 13.2. The Hall–Kier alpha value is -1.07. The summed E-state index contributed by atoms with van der Waals surface area (Å²) in [5.74, 6) is 3.30. The van der Waals surface area contributed by atoms with Crippen molar-refractivity contribution in [2.45, 2.75) is 31.8 Å². The predicted octanol–water partition coefficient (Wildman–Crippen LogP) is 1.98. The third kappa shape index (κ3) is 2.92. The molecule has 0 aliphatic carbocycles. The highest BCUT2D eigenvalue weighted by molar-refractivity contribution is 7.85. The first-order chi connectivity index (χ1) is 9.22. The van der Waals surface area contributed by atoms with Gasteiger partial charge in [-0.3, -0.25) is 4.21 Å². The molecular formula is C14H19NO3S. The van der Waals surface area contributed by atoms with Gasteiger partial charge in [-0.2, -0.15) is 0 Å². The molecule has 0 aromatic heterocycles. The van der Waals surface area contributed by atoms with E-state index in [1.54, 1.807) is 0 Å². The maximum atomic E-state index is 11.3. The largest absolute Gasteiger partial charge is 0.454 e. The Morgan fingerprint density at radius 2 is 2.00 bits per heavy atom. The molecule has 5 heteroatoms. The summed E-state index contributed by atoms with van der Waals surface area (Å²) < 4.78 is 22.1. The summed E-state index contributed by atoms with van der Waals surface area (Å²) in [5.41, 5.74) is 1.20. The summed E-state index contributed by atoms with van der Waals surface area (Å²) in [6, 6.07) is 6.82. The minimum atomic E-state index is -0.597. The molecule has 0 amide bonds. The van der Waals surface area contributed by atoms with Gasteiger partial charge in [0, 0.05) is 34.4 Å². The molecule has 0 bridgehead atoms. The zero-order valence-electron chi connectivity index (χ0n) is 11.1. The van der Waals surface area contributed by atoms with E-state index in [1.807, 2.05) is 12.1 Å². The van der Waals surface area contributed by atoms with E-state index < -0.39 is 10.8 Å². The quantitative estimate of drug-likeness (QED) is 0.920. The molecule has 0 spiro atoms. The van der Waals surface area contributed by atoms with Gasteiger partial charge in [-0.1, -0.05) is 6.07 Å². The van der Waals surface area contributed by atoms with Crippen molar-refractivity contribution in [1.29, 1.82) is 0 Å². The normalized spacial score (nSPS) is 27.2. The molecule has 1 saturated heterocycles. The first-order valence-corrected chi connectivity index (χ1v) is 8.22. The van der Waals surface area contributed by atoms with Crippen LogP contribution in [0.3, 0.4) is 0 Å². The SMILES string of the molecule is CC(NC1CCS(=O)CC1)c1ccc2c(c1)OCO2. The smallest absolute Gasteiger partial charge is 0.231 e. The number of hydrogen-bond donors (Lipinski definition) is 1. The van der Waals surface area contributed by atoms with Gasteiger partial charge in [0.2, 0.25) is 6.79 Å². The summed E-state index contributed by atoms with van der Waals surface area (Å²) in [6.45, 7) is 2.47. The van der Waals surface area contributed by atoms with Crippen LogP contribution in [-0.4, -0.2) is 28.5 Å². The predicted molar refractivity (Wildman–Crippen MR) is 75.0 cm³/mol. The molecule has 1 atom stereocenters. The van der Waals surface area contributed by atoms with Gasteiger partial charge in [-0.25, -0.2) is 0 Å². The highest BCUT2D eigenvalue weighted by Crippen LogP contribution is 2.34. The van der Waals surface area contributed by atoms with Crippen LogP contribution in [0.25, 0.3) is 0 Å². The average Bonchev–Trinajstić information content (AvgIpc) is 2.88. The first kappa shape index (κ1) is 12.9. The molecule has 19 heavy (non-hydrogen) atoms. The molecular weight excluding hydrogens is 262 g/mol. The second kappa shape index (κ2) is 5.51. The van der Waals surface area contributed by atoms with Crippen molar-refractivity contribution in [3.63, 3.8) is 0 Å². The standard InChI is InChI=1S/C14H19NO3S/c1-10(15-12-4-6-19(16)7-5-12)11-2-3-13-14(8-11)18-9-17-13/h2-3,8,10,12,15H,4-7,9H2,1H3. The summed E-state index contributed by atoms with van der Waals surface area (Å²) in [5, 5.41) is 3.62. The number of fused-ring (bicyclic) bond motifs is 1. The highest BCUT2D eigenvalue weighted by atomic mass is 32.2. The molecule has 0 radical (unpaired) electrons. The van der Waals surface area contributed by atoms with Crippen LogP contribution >= 0.6 is 0 Å². The highest BCUT2D eigenvalue weighted by Gasteiger charge is 2.21. The molecule has 3 rings (SSSR count). The molecule has 4 nitrogen and oxygen atoms in total. The Kier molecular flexibility index (Phi) is 3.75. The number of rotatable bonds is 3. The van der Waals surface area contributed by atoms with E-state index in [-0.39, 0.29) is 6.04 Å². The van der Waals surface area contributed by atoms with Gasteiger partial charge < -0.3 is 14.8 Å². The van der Waals surface area contributed by atoms with Crippen LogP contribution in [0.4, 0.5) is 0 Å². The Morgan fingerprint density at radius 1 is 1.26 bits per heavy atom. The van der Waals surface area contributed by atoms with Gasteiger partial charge in [0.15, 0.2) is 11.5 Å². The molecule has 1 fully saturated rings. The van der Waals surface area contributed by atoms with Gasteiger partial charge >= 0.3 is 0 Å². The monoisotopic (exact) mass is 281 g/mol. The number of benzene rings is 1. The summed E-state index contributed by atoms with van der Waals surface area (Å²) in [7, 11) is -0.597. The number of ether oxygens (including phenoxy) is 2. The van der Waals surface area contributed by atoms with Crippen LogP contribution in [-0.2, 0) is 10.8 Å². The van der Waals surface area contributed by atoms with Crippen molar-refractivity contribution in [2.24, 2.45) is 0 Å². The van der Waals surface area contributed by atoms with Crippen LogP contribution < -0.4 is 14.8 Å². The maximum absolute atomic E-state index is 11.3. The minimum absolute atomic E-state index is 0.269. The Labute approximate surface area is 115 Å². The van der Waals surface area contributed by atoms with E-state index in [9.17, 15) is 4.21 Å². The van der Waals surface area contributed by atoms with Crippen LogP contribution in [0.2, 0.25) is 0 Å². The van der Waals surface area contributed by atoms with Crippen LogP contribution in [0.1, 0.15) is 31.4 Å². The van der Waals surface area contributed by atoms with E-state index in [4.69, 9.17) is 9.47 Å². The molecule has 1 unspecified atom stereocenters. The molecule has 0 saturated carbocycles. The van der Waals surface area contributed by atoms with E-state index in [0.717, 1.165) is 35.8 Å². The Balaban J connectivity index is 1.63. The van der Waals surface area contributed by atoms with Crippen molar-refractivity contribution >= 4 is 10.8 Å². The summed E-state index contributed by atoms with van der Waals surface area (Å²) in [4.78, 5) is 0. The second-order valence-corrected chi connectivity index (χ2v) is 6.82. The van der Waals surface area contributed by atoms with E-state index in [1.165, 1.54) is 5.56 Å². The van der Waals surface area contributed by atoms with Crippen molar-refractivity contribution in [3.8, 4) is 11.5 Å². The van der Waals surface area contributed by atoms with E-state index >= 15 is 0 Å². The second-order valence-electron chi connectivity index (χ2n) is 5.12. The van der Waals surface area contributed by atoms with Crippen LogP contribution in [0.15, 0.2) is 18.2 Å². The maximum Gasteiger partial charge on any atom is 0.231 e. The molecule has 1 N–H and O–H groups in total. The average molecular weight is 281 g/mol. The fourth-order valence-corrected chi connectivity index (χ4v) is 3.89.